The highest BCUT2D eigenvalue weighted by molar-refractivity contribution is 5.98. The highest BCUT2D eigenvalue weighted by atomic mass is 19.1. The Hall–Kier alpha value is -2.02. The number of nitrogens with zero attached hydrogens (tertiary/aromatic N) is 1. The van der Waals surface area contributed by atoms with Crippen LogP contribution in [0.5, 0.6) is 0 Å². The molecule has 1 aliphatic carbocycles. The number of hydrogen-bond acceptors (Lipinski definition) is 4. The Morgan fingerprint density at radius 2 is 2.21 bits per heavy atom. The molecule has 0 radical (unpaired) electrons. The minimum atomic E-state index is -0.721. The van der Waals surface area contributed by atoms with E-state index in [1.807, 2.05) is 0 Å². The van der Waals surface area contributed by atoms with Crippen molar-refractivity contribution in [1.29, 1.82) is 0 Å². The largest absolute Gasteiger partial charge is 0.393 e. The number of aliphatic hydroxyl groups excluding tert-OH is 1. The van der Waals surface area contributed by atoms with Gasteiger partial charge in [-0.15, -0.1) is 0 Å². The summed E-state index contributed by atoms with van der Waals surface area (Å²) in [5, 5.41) is 22.4. The molecule has 1 aromatic rings. The minimum Gasteiger partial charge on any atom is -0.393 e. The highest BCUT2D eigenvalue weighted by Gasteiger charge is 2.28. The fourth-order valence-corrected chi connectivity index (χ4v) is 2.05. The predicted molar refractivity (Wildman–Crippen MR) is 64.1 cm³/mol. The first kappa shape index (κ1) is 13.4. The third-order valence-corrected chi connectivity index (χ3v) is 3.16. The molecule has 19 heavy (non-hydrogen) atoms. The van der Waals surface area contributed by atoms with Crippen molar-refractivity contribution in [3.63, 3.8) is 0 Å². The van der Waals surface area contributed by atoms with E-state index in [0.29, 0.717) is 19.4 Å². The zero-order valence-electron chi connectivity index (χ0n) is 10.0. The molecule has 0 atom stereocenters. The van der Waals surface area contributed by atoms with E-state index in [2.05, 4.69) is 5.32 Å². The fourth-order valence-electron chi connectivity index (χ4n) is 2.05. The first-order valence-corrected chi connectivity index (χ1v) is 5.87. The summed E-state index contributed by atoms with van der Waals surface area (Å²) in [6.07, 6.45) is 0.877. The Balaban J connectivity index is 2.05. The van der Waals surface area contributed by atoms with Crippen molar-refractivity contribution in [2.24, 2.45) is 5.92 Å². The lowest BCUT2D eigenvalue weighted by molar-refractivity contribution is -0.385. The number of carbonyl (C=O) groups is 1. The van der Waals surface area contributed by atoms with Gasteiger partial charge in [-0.05, 0) is 30.9 Å². The van der Waals surface area contributed by atoms with Crippen LogP contribution in [0.4, 0.5) is 10.1 Å². The Labute approximate surface area is 108 Å². The molecule has 1 fully saturated rings. The van der Waals surface area contributed by atoms with Gasteiger partial charge in [0.05, 0.1) is 11.0 Å². The number of nitro groups is 1. The molecule has 1 amide bonds. The third kappa shape index (κ3) is 3.05. The van der Waals surface area contributed by atoms with E-state index in [1.165, 1.54) is 0 Å². The molecule has 102 valence electrons. The molecule has 0 unspecified atom stereocenters. The first-order valence-electron chi connectivity index (χ1n) is 5.87. The average molecular weight is 268 g/mol. The van der Waals surface area contributed by atoms with E-state index in [0.717, 1.165) is 18.2 Å². The lowest BCUT2D eigenvalue weighted by atomic mass is 9.82. The minimum absolute atomic E-state index is 0.173. The van der Waals surface area contributed by atoms with Gasteiger partial charge >= 0.3 is 0 Å². The summed E-state index contributed by atoms with van der Waals surface area (Å²) in [4.78, 5) is 21.8. The maximum Gasteiger partial charge on any atom is 0.282 e. The van der Waals surface area contributed by atoms with E-state index in [9.17, 15) is 19.3 Å². The van der Waals surface area contributed by atoms with Crippen molar-refractivity contribution in [2.45, 2.75) is 18.9 Å². The predicted octanol–water partition coefficient (Wildman–Crippen LogP) is 1.23. The topological polar surface area (TPSA) is 92.5 Å². The van der Waals surface area contributed by atoms with Gasteiger partial charge in [-0.1, -0.05) is 0 Å². The number of benzene rings is 1. The molecule has 6 nitrogen and oxygen atoms in total. The van der Waals surface area contributed by atoms with Gasteiger partial charge in [-0.25, -0.2) is 4.39 Å². The van der Waals surface area contributed by atoms with Crippen molar-refractivity contribution in [1.82, 2.24) is 5.32 Å². The molecule has 0 aliphatic heterocycles. The molecule has 0 spiro atoms. The van der Waals surface area contributed by atoms with Crippen LogP contribution in [0.15, 0.2) is 18.2 Å². The van der Waals surface area contributed by atoms with Gasteiger partial charge in [-0.3, -0.25) is 14.9 Å². The Morgan fingerprint density at radius 3 is 2.79 bits per heavy atom. The molecule has 7 heteroatoms. The summed E-state index contributed by atoms with van der Waals surface area (Å²) < 4.78 is 13.1. The summed E-state index contributed by atoms with van der Waals surface area (Å²) >= 11 is 0. The van der Waals surface area contributed by atoms with E-state index < -0.39 is 22.3 Å². The molecule has 1 aliphatic rings. The van der Waals surface area contributed by atoms with Crippen LogP contribution in [0.3, 0.4) is 0 Å². The lowest BCUT2D eigenvalue weighted by Gasteiger charge is -2.31. The maximum atomic E-state index is 13.1. The highest BCUT2D eigenvalue weighted by Crippen LogP contribution is 2.26. The van der Waals surface area contributed by atoms with Gasteiger partial charge in [0, 0.05) is 12.6 Å². The van der Waals surface area contributed by atoms with Crippen molar-refractivity contribution < 1.29 is 19.2 Å². The van der Waals surface area contributed by atoms with Crippen LogP contribution in [0.1, 0.15) is 23.2 Å². The second-order valence-corrected chi connectivity index (χ2v) is 4.62. The van der Waals surface area contributed by atoms with Crippen molar-refractivity contribution >= 4 is 11.6 Å². The lowest BCUT2D eigenvalue weighted by Crippen LogP contribution is -2.38. The van der Waals surface area contributed by atoms with Crippen LogP contribution in [0.2, 0.25) is 0 Å². The molecule has 2 rings (SSSR count). The first-order chi connectivity index (χ1) is 8.97. The van der Waals surface area contributed by atoms with Crippen molar-refractivity contribution in [2.75, 3.05) is 6.54 Å². The molecule has 1 saturated carbocycles. The summed E-state index contributed by atoms with van der Waals surface area (Å²) in [6.45, 7) is 0.323. The molecule has 0 bridgehead atoms. The van der Waals surface area contributed by atoms with Gasteiger partial charge in [0.2, 0.25) is 0 Å². The van der Waals surface area contributed by atoms with E-state index in [1.54, 1.807) is 0 Å². The quantitative estimate of drug-likeness (QED) is 0.634. The van der Waals surface area contributed by atoms with Gasteiger partial charge in [0.1, 0.15) is 11.4 Å². The normalized spacial score (nSPS) is 21.6. The van der Waals surface area contributed by atoms with Crippen molar-refractivity contribution in [3.05, 3.63) is 39.7 Å². The van der Waals surface area contributed by atoms with Gasteiger partial charge < -0.3 is 10.4 Å². The number of rotatable bonds is 4. The molecule has 0 saturated heterocycles. The second kappa shape index (κ2) is 5.31. The van der Waals surface area contributed by atoms with E-state index in [4.69, 9.17) is 5.11 Å². The number of amides is 1. The van der Waals surface area contributed by atoms with Crippen LogP contribution < -0.4 is 5.32 Å². The van der Waals surface area contributed by atoms with Crippen LogP contribution in [-0.2, 0) is 0 Å². The van der Waals surface area contributed by atoms with Crippen LogP contribution in [0.25, 0.3) is 0 Å². The number of aliphatic hydroxyl groups is 1. The second-order valence-electron chi connectivity index (χ2n) is 4.62. The standard InChI is InChI=1S/C12H13FN2O4/c13-8-1-2-11(15(18)19)10(5-8)12(17)14-6-7-3-9(16)4-7/h1-2,5,7,9,16H,3-4,6H2,(H,14,17). The number of halogens is 1. The molecule has 0 heterocycles. The number of nitrogens with one attached hydrogen (secondary N) is 1. The summed E-state index contributed by atoms with van der Waals surface area (Å²) in [6, 6.07) is 2.76. The summed E-state index contributed by atoms with van der Waals surface area (Å²) in [5.41, 5.74) is -0.711. The fraction of sp³-hybridized carbons (Fsp3) is 0.417. The number of hydrogen-bond donors (Lipinski definition) is 2. The monoisotopic (exact) mass is 268 g/mol. The molecule has 0 aromatic heterocycles. The van der Waals surface area contributed by atoms with Crippen LogP contribution in [-0.4, -0.2) is 28.6 Å². The van der Waals surface area contributed by atoms with Gasteiger partial charge in [0.15, 0.2) is 0 Å². The zero-order chi connectivity index (χ0) is 14.0. The molecular weight excluding hydrogens is 255 g/mol. The number of nitro benzene ring substituents is 1. The van der Waals surface area contributed by atoms with Crippen molar-refractivity contribution in [3.8, 4) is 0 Å². The Kier molecular flexibility index (Phi) is 3.75. The Morgan fingerprint density at radius 1 is 1.53 bits per heavy atom. The maximum absolute atomic E-state index is 13.1. The van der Waals surface area contributed by atoms with Gasteiger partial charge in [-0.2, -0.15) is 0 Å². The molecule has 2 N–H and O–H groups in total. The third-order valence-electron chi connectivity index (χ3n) is 3.16. The number of carbonyl (C=O) groups excluding carboxylic acids is 1. The smallest absolute Gasteiger partial charge is 0.282 e. The van der Waals surface area contributed by atoms with Gasteiger partial charge in [0.25, 0.3) is 11.6 Å². The van der Waals surface area contributed by atoms with E-state index in [-0.39, 0.29) is 17.6 Å². The zero-order valence-corrected chi connectivity index (χ0v) is 10.0. The van der Waals surface area contributed by atoms with E-state index >= 15 is 0 Å². The molecular formula is C12H13FN2O4. The average Bonchev–Trinajstić information content (AvgIpc) is 2.32. The summed E-state index contributed by atoms with van der Waals surface area (Å²) in [5.74, 6) is -1.20. The van der Waals surface area contributed by atoms with Crippen LogP contribution in [0, 0.1) is 21.8 Å². The van der Waals surface area contributed by atoms with Crippen LogP contribution >= 0.6 is 0 Å². The SMILES string of the molecule is O=C(NCC1CC(O)C1)c1cc(F)ccc1[N+](=O)[O-]. The summed E-state index contributed by atoms with van der Waals surface area (Å²) in [7, 11) is 0. The Bertz CT molecular complexity index is 514. The molecule has 1 aromatic carbocycles.